The summed E-state index contributed by atoms with van der Waals surface area (Å²) in [5.74, 6) is -0.759. The van der Waals surface area contributed by atoms with Crippen LogP contribution in [0.5, 0.6) is 0 Å². The van der Waals surface area contributed by atoms with Crippen LogP contribution < -0.4 is 5.32 Å². The molecule has 1 N–H and O–H groups in total. The fraction of sp³-hybridized carbons (Fsp3) is 0.409. The number of nitrogens with one attached hydrogen (secondary N) is 1. The first-order valence-electron chi connectivity index (χ1n) is 9.57. The van der Waals surface area contributed by atoms with Crippen molar-refractivity contribution in [1.29, 1.82) is 0 Å². The average molecular weight is 401 g/mol. The third kappa shape index (κ3) is 7.52. The number of pyridine rings is 1. The minimum atomic E-state index is -0.603. The van der Waals surface area contributed by atoms with Gasteiger partial charge >= 0.3 is 6.09 Å². The fourth-order valence-corrected chi connectivity index (χ4v) is 2.58. The summed E-state index contributed by atoms with van der Waals surface area (Å²) >= 11 is 0. The van der Waals surface area contributed by atoms with Crippen molar-refractivity contribution in [2.24, 2.45) is 0 Å². The maximum absolute atomic E-state index is 13.6. The molecule has 0 aliphatic rings. The van der Waals surface area contributed by atoms with Crippen molar-refractivity contribution in [1.82, 2.24) is 15.2 Å². The molecule has 1 aromatic carbocycles. The van der Waals surface area contributed by atoms with E-state index in [1.54, 1.807) is 36.4 Å². The van der Waals surface area contributed by atoms with E-state index in [4.69, 9.17) is 4.74 Å². The van der Waals surface area contributed by atoms with E-state index in [0.29, 0.717) is 31.6 Å². The Morgan fingerprint density at radius 2 is 2.00 bits per heavy atom. The summed E-state index contributed by atoms with van der Waals surface area (Å²) < 4.78 is 19.1. The standard InChI is InChI=1S/C22H28FN3O3/c1-16-8-9-18(13-19(16)23)20(27)25-11-6-12-26(21(28)29-22(2,3)4)15-17-7-5-10-24-14-17/h5,7-10,13-14H,6,11-12,15H2,1-4H3,(H,25,27). The van der Waals surface area contributed by atoms with E-state index < -0.39 is 17.5 Å². The van der Waals surface area contributed by atoms with Crippen LogP contribution in [0.1, 0.15) is 48.7 Å². The van der Waals surface area contributed by atoms with Crippen molar-refractivity contribution in [3.63, 3.8) is 0 Å². The Hall–Kier alpha value is -2.96. The van der Waals surface area contributed by atoms with Crippen LogP contribution in [-0.4, -0.2) is 40.6 Å². The van der Waals surface area contributed by atoms with Crippen molar-refractivity contribution in [2.45, 2.75) is 46.3 Å². The van der Waals surface area contributed by atoms with Crippen molar-refractivity contribution in [3.8, 4) is 0 Å². The largest absolute Gasteiger partial charge is 0.444 e. The first-order valence-corrected chi connectivity index (χ1v) is 9.57. The number of hydrogen-bond donors (Lipinski definition) is 1. The van der Waals surface area contributed by atoms with Crippen molar-refractivity contribution >= 4 is 12.0 Å². The summed E-state index contributed by atoms with van der Waals surface area (Å²) in [6.45, 7) is 8.19. The number of ether oxygens (including phenoxy) is 1. The highest BCUT2D eigenvalue weighted by Crippen LogP contribution is 2.13. The van der Waals surface area contributed by atoms with Crippen LogP contribution in [0.3, 0.4) is 0 Å². The second kappa shape index (κ2) is 10.0. The van der Waals surface area contributed by atoms with Gasteiger partial charge < -0.3 is 15.0 Å². The van der Waals surface area contributed by atoms with Gasteiger partial charge in [-0.05, 0) is 63.4 Å². The van der Waals surface area contributed by atoms with Gasteiger partial charge in [-0.3, -0.25) is 9.78 Å². The molecule has 0 fully saturated rings. The number of carbonyl (C=O) groups excluding carboxylic acids is 2. The normalized spacial score (nSPS) is 11.1. The van der Waals surface area contributed by atoms with Crippen LogP contribution in [0.25, 0.3) is 0 Å². The van der Waals surface area contributed by atoms with E-state index in [-0.39, 0.29) is 11.5 Å². The summed E-state index contributed by atoms with van der Waals surface area (Å²) in [5.41, 5.74) is 1.04. The first-order chi connectivity index (χ1) is 13.7. The summed E-state index contributed by atoms with van der Waals surface area (Å²) in [7, 11) is 0. The van der Waals surface area contributed by atoms with E-state index in [1.807, 2.05) is 32.9 Å². The molecule has 6 nitrogen and oxygen atoms in total. The molecule has 156 valence electrons. The van der Waals surface area contributed by atoms with Gasteiger partial charge in [0.15, 0.2) is 0 Å². The number of carbonyl (C=O) groups is 2. The molecule has 0 aliphatic heterocycles. The van der Waals surface area contributed by atoms with Crippen LogP contribution >= 0.6 is 0 Å². The van der Waals surface area contributed by atoms with E-state index in [1.165, 1.54) is 6.07 Å². The lowest BCUT2D eigenvalue weighted by atomic mass is 10.1. The number of halogens is 1. The van der Waals surface area contributed by atoms with Gasteiger partial charge in [0.05, 0.1) is 6.54 Å². The van der Waals surface area contributed by atoms with Crippen molar-refractivity contribution in [3.05, 3.63) is 65.2 Å². The zero-order valence-electron chi connectivity index (χ0n) is 17.4. The number of aromatic nitrogens is 1. The molecule has 0 saturated heterocycles. The number of nitrogens with zero attached hydrogens (tertiary/aromatic N) is 2. The smallest absolute Gasteiger partial charge is 0.410 e. The third-order valence-electron chi connectivity index (χ3n) is 4.07. The molecule has 1 aromatic heterocycles. The highest BCUT2D eigenvalue weighted by molar-refractivity contribution is 5.94. The monoisotopic (exact) mass is 401 g/mol. The summed E-state index contributed by atoms with van der Waals surface area (Å²) in [4.78, 5) is 30.4. The number of rotatable bonds is 7. The maximum atomic E-state index is 13.6. The average Bonchev–Trinajstić information content (AvgIpc) is 2.65. The number of hydrogen-bond acceptors (Lipinski definition) is 4. The van der Waals surface area contributed by atoms with E-state index >= 15 is 0 Å². The molecule has 2 rings (SSSR count). The Kier molecular flexibility index (Phi) is 7.70. The number of amides is 2. The van der Waals surface area contributed by atoms with Gasteiger partial charge in [-0.25, -0.2) is 9.18 Å². The van der Waals surface area contributed by atoms with Gasteiger partial charge in [-0.2, -0.15) is 0 Å². The van der Waals surface area contributed by atoms with Gasteiger partial charge in [-0.1, -0.05) is 12.1 Å². The Bertz CT molecular complexity index is 835. The third-order valence-corrected chi connectivity index (χ3v) is 4.07. The van der Waals surface area contributed by atoms with Gasteiger partial charge in [0.1, 0.15) is 11.4 Å². The van der Waals surface area contributed by atoms with Crippen LogP contribution in [0.15, 0.2) is 42.7 Å². The van der Waals surface area contributed by atoms with Crippen LogP contribution in [0, 0.1) is 12.7 Å². The number of benzene rings is 1. The lowest BCUT2D eigenvalue weighted by Gasteiger charge is -2.27. The predicted octanol–water partition coefficient (Wildman–Crippen LogP) is 4.09. The molecule has 0 saturated carbocycles. The van der Waals surface area contributed by atoms with Crippen LogP contribution in [0.4, 0.5) is 9.18 Å². The minimum absolute atomic E-state index is 0.271. The van der Waals surface area contributed by atoms with E-state index in [9.17, 15) is 14.0 Å². The fourth-order valence-electron chi connectivity index (χ4n) is 2.58. The Balaban J connectivity index is 1.91. The topological polar surface area (TPSA) is 71.5 Å². The molecule has 0 spiro atoms. The van der Waals surface area contributed by atoms with E-state index in [2.05, 4.69) is 10.3 Å². The zero-order chi connectivity index (χ0) is 21.4. The molecule has 29 heavy (non-hydrogen) atoms. The van der Waals surface area contributed by atoms with E-state index in [0.717, 1.165) is 5.56 Å². The second-order valence-electron chi connectivity index (χ2n) is 7.84. The molecule has 1 heterocycles. The maximum Gasteiger partial charge on any atom is 0.410 e. The lowest BCUT2D eigenvalue weighted by Crippen LogP contribution is -2.38. The minimum Gasteiger partial charge on any atom is -0.444 e. The highest BCUT2D eigenvalue weighted by Gasteiger charge is 2.22. The van der Waals surface area contributed by atoms with Crippen molar-refractivity contribution < 1.29 is 18.7 Å². The molecule has 7 heteroatoms. The molecule has 2 aromatic rings. The molecule has 0 aliphatic carbocycles. The van der Waals surface area contributed by atoms with Gasteiger partial charge in [-0.15, -0.1) is 0 Å². The summed E-state index contributed by atoms with van der Waals surface area (Å²) in [5, 5.41) is 2.76. The van der Waals surface area contributed by atoms with Gasteiger partial charge in [0, 0.05) is 31.0 Å². The Morgan fingerprint density at radius 1 is 1.24 bits per heavy atom. The predicted molar refractivity (Wildman–Crippen MR) is 109 cm³/mol. The Labute approximate surface area is 171 Å². The lowest BCUT2D eigenvalue weighted by molar-refractivity contribution is 0.0232. The van der Waals surface area contributed by atoms with Gasteiger partial charge in [0.25, 0.3) is 5.91 Å². The molecule has 0 bridgehead atoms. The molecular formula is C22H28FN3O3. The first kappa shape index (κ1) is 22.3. The summed E-state index contributed by atoms with van der Waals surface area (Å²) in [6, 6.07) is 8.08. The van der Waals surface area contributed by atoms with Crippen LogP contribution in [-0.2, 0) is 11.3 Å². The molecule has 0 atom stereocenters. The SMILES string of the molecule is Cc1ccc(C(=O)NCCCN(Cc2cccnc2)C(=O)OC(C)(C)C)cc1F. The summed E-state index contributed by atoms with van der Waals surface area (Å²) in [6.07, 6.45) is 3.48. The number of aryl methyl sites for hydroxylation is 1. The second-order valence-corrected chi connectivity index (χ2v) is 7.84. The zero-order valence-corrected chi connectivity index (χ0v) is 17.4. The van der Waals surface area contributed by atoms with Gasteiger partial charge in [0.2, 0.25) is 0 Å². The van der Waals surface area contributed by atoms with Crippen LogP contribution in [0.2, 0.25) is 0 Å². The quantitative estimate of drug-likeness (QED) is 0.710. The van der Waals surface area contributed by atoms with Crippen molar-refractivity contribution in [2.75, 3.05) is 13.1 Å². The molecule has 0 unspecified atom stereocenters. The molecule has 2 amide bonds. The molecule has 0 radical (unpaired) electrons. The molecular weight excluding hydrogens is 373 g/mol. The Morgan fingerprint density at radius 3 is 2.62 bits per heavy atom. The highest BCUT2D eigenvalue weighted by atomic mass is 19.1.